The van der Waals surface area contributed by atoms with E-state index in [0.29, 0.717) is 6.54 Å². The smallest absolute Gasteiger partial charge is 0.308 e. The summed E-state index contributed by atoms with van der Waals surface area (Å²) in [6.07, 6.45) is 5.54. The third-order valence-electron chi connectivity index (χ3n) is 2.57. The maximum absolute atomic E-state index is 12.6. The van der Waals surface area contributed by atoms with Gasteiger partial charge in [0.2, 0.25) is 0 Å². The van der Waals surface area contributed by atoms with E-state index in [2.05, 4.69) is 6.58 Å². The van der Waals surface area contributed by atoms with Crippen LogP contribution in [-0.4, -0.2) is 23.6 Å². The molecule has 0 radical (unpaired) electrons. The largest absolute Gasteiger partial charge is 0.400 e. The average molecular weight is 185 g/mol. The van der Waals surface area contributed by atoms with E-state index in [1.54, 1.807) is 6.08 Å². The molecule has 13 heavy (non-hydrogen) atoms. The zero-order valence-corrected chi connectivity index (χ0v) is 7.84. The second-order valence-corrected chi connectivity index (χ2v) is 3.49. The third-order valence-corrected chi connectivity index (χ3v) is 2.57. The number of halogens is 1. The SMILES string of the molecule is C=CCN(C(=O)F)C1CCCCC1. The van der Waals surface area contributed by atoms with Crippen LogP contribution in [0.4, 0.5) is 9.18 Å². The van der Waals surface area contributed by atoms with Crippen LogP contribution < -0.4 is 0 Å². The van der Waals surface area contributed by atoms with Crippen molar-refractivity contribution in [2.75, 3.05) is 6.54 Å². The molecule has 1 rings (SSSR count). The summed E-state index contributed by atoms with van der Waals surface area (Å²) < 4.78 is 12.6. The van der Waals surface area contributed by atoms with E-state index in [4.69, 9.17) is 0 Å². The minimum atomic E-state index is -1.31. The summed E-state index contributed by atoms with van der Waals surface area (Å²) in [6, 6.07) is 0.101. The van der Waals surface area contributed by atoms with Gasteiger partial charge in [-0.1, -0.05) is 25.3 Å². The summed E-state index contributed by atoms with van der Waals surface area (Å²) in [5, 5.41) is 0. The summed E-state index contributed by atoms with van der Waals surface area (Å²) in [7, 11) is 0. The predicted octanol–water partition coefficient (Wildman–Crippen LogP) is 2.90. The van der Waals surface area contributed by atoms with Gasteiger partial charge in [0, 0.05) is 12.6 Å². The van der Waals surface area contributed by atoms with Crippen molar-refractivity contribution in [3.8, 4) is 0 Å². The first-order valence-electron chi connectivity index (χ1n) is 4.82. The van der Waals surface area contributed by atoms with Crippen molar-refractivity contribution in [1.29, 1.82) is 0 Å². The molecule has 3 heteroatoms. The maximum atomic E-state index is 12.6. The number of hydrogen-bond donors (Lipinski definition) is 0. The van der Waals surface area contributed by atoms with E-state index in [1.165, 1.54) is 11.3 Å². The second-order valence-electron chi connectivity index (χ2n) is 3.49. The van der Waals surface area contributed by atoms with Crippen LogP contribution in [0.5, 0.6) is 0 Å². The first kappa shape index (κ1) is 10.2. The van der Waals surface area contributed by atoms with Crippen LogP contribution in [0.3, 0.4) is 0 Å². The van der Waals surface area contributed by atoms with Crippen molar-refractivity contribution in [1.82, 2.24) is 4.90 Å². The number of nitrogens with zero attached hydrogens (tertiary/aromatic N) is 1. The molecule has 1 saturated carbocycles. The van der Waals surface area contributed by atoms with E-state index in [9.17, 15) is 9.18 Å². The Balaban J connectivity index is 2.51. The van der Waals surface area contributed by atoms with Crippen LogP contribution in [0.15, 0.2) is 12.7 Å². The van der Waals surface area contributed by atoms with Gasteiger partial charge in [-0.25, -0.2) is 4.79 Å². The van der Waals surface area contributed by atoms with Gasteiger partial charge >= 0.3 is 6.16 Å². The van der Waals surface area contributed by atoms with Crippen LogP contribution in [0, 0.1) is 0 Å². The Morgan fingerprint density at radius 1 is 1.46 bits per heavy atom. The molecule has 0 heterocycles. The number of carbonyl (C=O) groups is 1. The molecule has 0 atom stereocenters. The van der Waals surface area contributed by atoms with E-state index >= 15 is 0 Å². The summed E-state index contributed by atoms with van der Waals surface area (Å²) >= 11 is 0. The highest BCUT2D eigenvalue weighted by Crippen LogP contribution is 2.22. The molecular formula is C10H16FNO. The summed E-state index contributed by atoms with van der Waals surface area (Å²) in [5.41, 5.74) is 0. The van der Waals surface area contributed by atoms with Gasteiger partial charge in [0.1, 0.15) is 0 Å². The van der Waals surface area contributed by atoms with Crippen LogP contribution in [0.1, 0.15) is 32.1 Å². The summed E-state index contributed by atoms with van der Waals surface area (Å²) in [4.78, 5) is 11.9. The molecule has 1 aliphatic rings. The molecule has 0 aromatic heterocycles. The quantitative estimate of drug-likeness (QED) is 0.376. The Morgan fingerprint density at radius 2 is 2.08 bits per heavy atom. The summed E-state index contributed by atoms with van der Waals surface area (Å²) in [6.45, 7) is 3.85. The lowest BCUT2D eigenvalue weighted by Crippen LogP contribution is -2.38. The predicted molar refractivity (Wildman–Crippen MR) is 50.3 cm³/mol. The lowest BCUT2D eigenvalue weighted by atomic mass is 9.94. The van der Waals surface area contributed by atoms with Gasteiger partial charge in [-0.05, 0) is 12.8 Å². The van der Waals surface area contributed by atoms with Crippen LogP contribution in [0.25, 0.3) is 0 Å². The number of rotatable bonds is 3. The van der Waals surface area contributed by atoms with Gasteiger partial charge in [-0.3, -0.25) is 0 Å². The zero-order valence-electron chi connectivity index (χ0n) is 7.84. The number of carbonyl (C=O) groups excluding carboxylic acids is 1. The van der Waals surface area contributed by atoms with Crippen molar-refractivity contribution >= 4 is 6.16 Å². The highest BCUT2D eigenvalue weighted by Gasteiger charge is 2.23. The van der Waals surface area contributed by atoms with Crippen LogP contribution in [-0.2, 0) is 0 Å². The first-order valence-corrected chi connectivity index (χ1v) is 4.82. The normalized spacial score (nSPS) is 18.2. The van der Waals surface area contributed by atoms with Crippen LogP contribution >= 0.6 is 0 Å². The number of amides is 1. The topological polar surface area (TPSA) is 20.3 Å². The Hall–Kier alpha value is -0.860. The van der Waals surface area contributed by atoms with E-state index in [-0.39, 0.29) is 6.04 Å². The van der Waals surface area contributed by atoms with E-state index in [0.717, 1.165) is 25.7 Å². The molecule has 0 N–H and O–H groups in total. The molecular weight excluding hydrogens is 169 g/mol. The minimum Gasteiger partial charge on any atom is -0.308 e. The van der Waals surface area contributed by atoms with Crippen LogP contribution in [0.2, 0.25) is 0 Å². The van der Waals surface area contributed by atoms with Gasteiger partial charge in [-0.15, -0.1) is 11.0 Å². The molecule has 0 aromatic carbocycles. The number of hydrogen-bond acceptors (Lipinski definition) is 1. The molecule has 0 aliphatic heterocycles. The summed E-state index contributed by atoms with van der Waals surface area (Å²) in [5.74, 6) is 0. The Kier molecular flexibility index (Phi) is 3.93. The highest BCUT2D eigenvalue weighted by molar-refractivity contribution is 5.66. The average Bonchev–Trinajstić information content (AvgIpc) is 2.15. The van der Waals surface area contributed by atoms with Crippen molar-refractivity contribution in [2.24, 2.45) is 0 Å². The van der Waals surface area contributed by atoms with Gasteiger partial charge in [0.05, 0.1) is 0 Å². The highest BCUT2D eigenvalue weighted by atomic mass is 19.1. The maximum Gasteiger partial charge on any atom is 0.400 e. The van der Waals surface area contributed by atoms with Crippen molar-refractivity contribution in [3.05, 3.63) is 12.7 Å². The lowest BCUT2D eigenvalue weighted by Gasteiger charge is -2.30. The first-order chi connectivity index (χ1) is 6.25. The molecule has 0 saturated heterocycles. The monoisotopic (exact) mass is 185 g/mol. The molecule has 0 spiro atoms. The molecule has 74 valence electrons. The van der Waals surface area contributed by atoms with E-state index < -0.39 is 6.16 Å². The Morgan fingerprint density at radius 3 is 2.54 bits per heavy atom. The minimum absolute atomic E-state index is 0.101. The van der Waals surface area contributed by atoms with Gasteiger partial charge < -0.3 is 4.90 Å². The molecule has 1 amide bonds. The molecule has 0 aromatic rings. The molecule has 0 unspecified atom stereocenters. The van der Waals surface area contributed by atoms with Gasteiger partial charge in [0.25, 0.3) is 0 Å². The fourth-order valence-electron chi connectivity index (χ4n) is 1.90. The lowest BCUT2D eigenvalue weighted by molar-refractivity contribution is 0.143. The van der Waals surface area contributed by atoms with Gasteiger partial charge in [-0.2, -0.15) is 0 Å². The molecule has 1 fully saturated rings. The van der Waals surface area contributed by atoms with E-state index in [1.807, 2.05) is 0 Å². The molecule has 0 bridgehead atoms. The van der Waals surface area contributed by atoms with Crippen molar-refractivity contribution in [3.63, 3.8) is 0 Å². The fourth-order valence-corrected chi connectivity index (χ4v) is 1.90. The van der Waals surface area contributed by atoms with Crippen molar-refractivity contribution in [2.45, 2.75) is 38.1 Å². The standard InChI is InChI=1S/C10H16FNO/c1-2-8-12(10(11)13)9-6-4-3-5-7-9/h2,9H,1,3-8H2. The third kappa shape index (κ3) is 2.83. The fraction of sp³-hybridized carbons (Fsp3) is 0.700. The second kappa shape index (κ2) is 5.00. The zero-order chi connectivity index (χ0) is 9.68. The van der Waals surface area contributed by atoms with Gasteiger partial charge in [0.15, 0.2) is 0 Å². The van der Waals surface area contributed by atoms with Crippen molar-refractivity contribution < 1.29 is 9.18 Å². The molecule has 1 aliphatic carbocycles. The Bertz CT molecular complexity index is 187. The Labute approximate surface area is 78.4 Å². The molecule has 2 nitrogen and oxygen atoms in total.